The third-order valence-corrected chi connectivity index (χ3v) is 6.98. The summed E-state index contributed by atoms with van der Waals surface area (Å²) in [4.78, 5) is 0. The Morgan fingerprint density at radius 3 is 2.29 bits per heavy atom. The van der Waals surface area contributed by atoms with Gasteiger partial charge in [0.05, 0.1) is 11.2 Å². The van der Waals surface area contributed by atoms with Gasteiger partial charge in [0.2, 0.25) is 0 Å². The molecule has 2 aromatic heterocycles. The summed E-state index contributed by atoms with van der Waals surface area (Å²) in [6.07, 6.45) is 0. The summed E-state index contributed by atoms with van der Waals surface area (Å²) in [5.41, 5.74) is 10.8. The van der Waals surface area contributed by atoms with E-state index in [1.54, 1.807) is 0 Å². The molecule has 0 spiro atoms. The Balaban J connectivity index is 1.69. The van der Waals surface area contributed by atoms with Gasteiger partial charge >= 0.3 is 0 Å². The van der Waals surface area contributed by atoms with Crippen molar-refractivity contribution in [3.63, 3.8) is 0 Å². The molecule has 0 saturated heterocycles. The molecular weight excluding hydrogens is 378 g/mol. The van der Waals surface area contributed by atoms with E-state index in [-0.39, 0.29) is 5.41 Å². The minimum absolute atomic E-state index is 0.0836. The van der Waals surface area contributed by atoms with Crippen LogP contribution in [0.5, 0.6) is 0 Å². The molecule has 0 bridgehead atoms. The Morgan fingerprint density at radius 1 is 0.677 bits per heavy atom. The molecule has 148 valence electrons. The first-order valence-corrected chi connectivity index (χ1v) is 10.8. The monoisotopic (exact) mass is 399 g/mol. The fourth-order valence-corrected chi connectivity index (χ4v) is 5.67. The van der Waals surface area contributed by atoms with E-state index in [9.17, 15) is 0 Å². The van der Waals surface area contributed by atoms with Crippen LogP contribution in [0.1, 0.15) is 25.0 Å². The van der Waals surface area contributed by atoms with Crippen LogP contribution in [-0.4, -0.2) is 4.57 Å². The van der Waals surface area contributed by atoms with E-state index in [0.29, 0.717) is 0 Å². The average Bonchev–Trinajstić information content (AvgIpc) is 3.40. The van der Waals surface area contributed by atoms with Crippen molar-refractivity contribution in [1.82, 2.24) is 4.57 Å². The standard InChI is InChI=1S/C29H21NO/c1-29(2)22-14-6-3-10-18(22)19-13-9-16-24(26(19)29)30-23-15-7-4-11-20(23)28-27(30)21-12-5-8-17-25(21)31-28/h3-17H,1-2H3. The largest absolute Gasteiger partial charge is 0.454 e. The summed E-state index contributed by atoms with van der Waals surface area (Å²) in [6.45, 7) is 4.69. The van der Waals surface area contributed by atoms with Gasteiger partial charge in [-0.25, -0.2) is 0 Å². The molecule has 0 radical (unpaired) electrons. The molecular formula is C29H21NO. The van der Waals surface area contributed by atoms with Gasteiger partial charge in [0, 0.05) is 16.2 Å². The Kier molecular flexibility index (Phi) is 3.10. The summed E-state index contributed by atoms with van der Waals surface area (Å²) in [5, 5.41) is 2.30. The molecule has 6 aromatic rings. The molecule has 0 unspecified atom stereocenters. The third kappa shape index (κ3) is 2.02. The first-order valence-electron chi connectivity index (χ1n) is 10.8. The van der Waals surface area contributed by atoms with Crippen molar-refractivity contribution in [3.05, 3.63) is 102 Å². The highest BCUT2D eigenvalue weighted by Gasteiger charge is 2.38. The third-order valence-electron chi connectivity index (χ3n) is 6.98. The van der Waals surface area contributed by atoms with Gasteiger partial charge in [-0.1, -0.05) is 74.5 Å². The van der Waals surface area contributed by atoms with E-state index >= 15 is 0 Å². The van der Waals surface area contributed by atoms with Crippen LogP contribution in [0.2, 0.25) is 0 Å². The number of para-hydroxylation sites is 2. The summed E-state index contributed by atoms with van der Waals surface area (Å²) >= 11 is 0. The van der Waals surface area contributed by atoms with Crippen LogP contribution in [0.4, 0.5) is 0 Å². The number of hydrogen-bond acceptors (Lipinski definition) is 1. The van der Waals surface area contributed by atoms with Gasteiger partial charge in [-0.15, -0.1) is 0 Å². The molecule has 1 aliphatic carbocycles. The topological polar surface area (TPSA) is 18.1 Å². The van der Waals surface area contributed by atoms with Crippen LogP contribution in [-0.2, 0) is 5.41 Å². The van der Waals surface area contributed by atoms with Crippen LogP contribution in [0.15, 0.2) is 95.4 Å². The number of rotatable bonds is 1. The number of benzene rings is 4. The second-order valence-corrected chi connectivity index (χ2v) is 9.00. The maximum Gasteiger partial charge on any atom is 0.161 e. The van der Waals surface area contributed by atoms with Crippen LogP contribution >= 0.6 is 0 Å². The Bertz CT molecular complexity index is 1660. The summed E-state index contributed by atoms with van der Waals surface area (Å²) < 4.78 is 8.80. The predicted octanol–water partition coefficient (Wildman–Crippen LogP) is 7.84. The highest BCUT2D eigenvalue weighted by Crippen LogP contribution is 2.52. The van der Waals surface area contributed by atoms with E-state index in [1.807, 2.05) is 6.07 Å². The zero-order chi connectivity index (χ0) is 20.7. The first kappa shape index (κ1) is 17.0. The summed E-state index contributed by atoms with van der Waals surface area (Å²) in [7, 11) is 0. The van der Waals surface area contributed by atoms with Crippen LogP contribution < -0.4 is 0 Å². The van der Waals surface area contributed by atoms with Crippen molar-refractivity contribution in [3.8, 4) is 16.8 Å². The molecule has 0 saturated carbocycles. The van der Waals surface area contributed by atoms with E-state index in [4.69, 9.17) is 4.42 Å². The Hall–Kier alpha value is -3.78. The van der Waals surface area contributed by atoms with Crippen molar-refractivity contribution < 1.29 is 4.42 Å². The lowest BCUT2D eigenvalue weighted by Crippen LogP contribution is -2.17. The molecule has 31 heavy (non-hydrogen) atoms. The van der Waals surface area contributed by atoms with Gasteiger partial charge in [0.25, 0.3) is 0 Å². The van der Waals surface area contributed by atoms with E-state index in [2.05, 4.69) is 103 Å². The van der Waals surface area contributed by atoms with Gasteiger partial charge in [-0.05, 0) is 52.6 Å². The lowest BCUT2D eigenvalue weighted by Gasteiger charge is -2.25. The fourth-order valence-electron chi connectivity index (χ4n) is 5.67. The van der Waals surface area contributed by atoms with Crippen molar-refractivity contribution in [2.75, 3.05) is 0 Å². The Labute approximate surface area is 180 Å². The van der Waals surface area contributed by atoms with Gasteiger partial charge in [-0.2, -0.15) is 0 Å². The maximum absolute atomic E-state index is 6.38. The molecule has 0 atom stereocenters. The zero-order valence-corrected chi connectivity index (χ0v) is 17.5. The fraction of sp³-hybridized carbons (Fsp3) is 0.103. The van der Waals surface area contributed by atoms with Crippen LogP contribution in [0.3, 0.4) is 0 Å². The number of aromatic nitrogens is 1. The average molecular weight is 399 g/mol. The summed E-state index contributed by atoms with van der Waals surface area (Å²) in [6, 6.07) is 32.5. The SMILES string of the molecule is CC1(C)c2ccccc2-c2cccc(-n3c4ccccc4c4oc5ccccc5c43)c21. The number of fused-ring (bicyclic) bond motifs is 8. The lowest BCUT2D eigenvalue weighted by atomic mass is 9.81. The first-order chi connectivity index (χ1) is 15.2. The lowest BCUT2D eigenvalue weighted by molar-refractivity contribution is 0.656. The second-order valence-electron chi connectivity index (χ2n) is 9.00. The zero-order valence-electron chi connectivity index (χ0n) is 17.5. The van der Waals surface area contributed by atoms with Gasteiger partial charge < -0.3 is 8.98 Å². The Morgan fingerprint density at radius 2 is 1.39 bits per heavy atom. The highest BCUT2D eigenvalue weighted by atomic mass is 16.3. The maximum atomic E-state index is 6.38. The van der Waals surface area contributed by atoms with Gasteiger partial charge in [0.1, 0.15) is 11.1 Å². The smallest absolute Gasteiger partial charge is 0.161 e. The normalized spacial score (nSPS) is 14.4. The van der Waals surface area contributed by atoms with Crippen molar-refractivity contribution in [1.29, 1.82) is 0 Å². The second kappa shape index (κ2) is 5.67. The molecule has 1 aliphatic rings. The molecule has 2 heterocycles. The minimum Gasteiger partial charge on any atom is -0.454 e. The van der Waals surface area contributed by atoms with Crippen molar-refractivity contribution in [2.45, 2.75) is 19.3 Å². The molecule has 2 heteroatoms. The summed E-state index contributed by atoms with van der Waals surface area (Å²) in [5.74, 6) is 0. The molecule has 0 fully saturated rings. The van der Waals surface area contributed by atoms with E-state index in [0.717, 1.165) is 27.5 Å². The molecule has 2 nitrogen and oxygen atoms in total. The van der Waals surface area contributed by atoms with E-state index < -0.39 is 0 Å². The quantitative estimate of drug-likeness (QED) is 0.275. The molecule has 0 aliphatic heterocycles. The number of nitrogens with zero attached hydrogens (tertiary/aromatic N) is 1. The number of furan rings is 1. The predicted molar refractivity (Wildman–Crippen MR) is 128 cm³/mol. The molecule has 0 amide bonds. The molecule has 4 aromatic carbocycles. The minimum atomic E-state index is -0.0836. The van der Waals surface area contributed by atoms with Crippen molar-refractivity contribution in [2.24, 2.45) is 0 Å². The molecule has 0 N–H and O–H groups in total. The molecule has 7 rings (SSSR count). The van der Waals surface area contributed by atoms with Gasteiger partial charge in [0.15, 0.2) is 5.58 Å². The van der Waals surface area contributed by atoms with E-state index in [1.165, 1.54) is 33.5 Å². The van der Waals surface area contributed by atoms with Crippen LogP contribution in [0.25, 0.3) is 49.8 Å². The highest BCUT2D eigenvalue weighted by molar-refractivity contribution is 6.16. The van der Waals surface area contributed by atoms with Gasteiger partial charge in [-0.3, -0.25) is 0 Å². The van der Waals surface area contributed by atoms with Crippen molar-refractivity contribution >= 4 is 33.0 Å². The van der Waals surface area contributed by atoms with Crippen LogP contribution in [0, 0.1) is 0 Å². The number of hydrogen-bond donors (Lipinski definition) is 0.